The topological polar surface area (TPSA) is 93.1 Å². The normalized spacial score (nSPS) is 31.1. The standard InChI is InChI=1S/C35H42O6/c1-4-5-9-27-26-13-12-25-24-14-16-35(31(25)30(26)33(38)40-27)28(18-21(15-17-36)11-10-20(2)3)41-34(39)32(35)29(24)22-7-6-8-23(37)19-22/h6-9,18-21,24-25,31,36-37H,4-5,10-17H2,1-3H3/t21-,24-,25-,31-,35-/m0/s1. The molecule has 218 valence electrons. The Bertz CT molecular complexity index is 1380. The molecule has 1 spiro atoms. The van der Waals surface area contributed by atoms with Gasteiger partial charge >= 0.3 is 11.9 Å². The van der Waals surface area contributed by atoms with Crippen molar-refractivity contribution < 1.29 is 29.3 Å². The maximum absolute atomic E-state index is 14.0. The molecular weight excluding hydrogens is 516 g/mol. The predicted octanol–water partition coefficient (Wildman–Crippen LogP) is 6.99. The maximum atomic E-state index is 14.0. The largest absolute Gasteiger partial charge is 0.508 e. The number of fused-ring (bicyclic) bond motifs is 1. The summed E-state index contributed by atoms with van der Waals surface area (Å²) in [5.41, 5.74) is 3.48. The van der Waals surface area contributed by atoms with Crippen molar-refractivity contribution in [3.05, 3.63) is 70.2 Å². The van der Waals surface area contributed by atoms with E-state index in [1.165, 1.54) is 0 Å². The summed E-state index contributed by atoms with van der Waals surface area (Å²) in [6, 6.07) is 7.20. The molecule has 0 aromatic heterocycles. The zero-order valence-corrected chi connectivity index (χ0v) is 24.4. The van der Waals surface area contributed by atoms with Gasteiger partial charge in [0.2, 0.25) is 0 Å². The Labute approximate surface area is 242 Å². The number of hydrogen-bond acceptors (Lipinski definition) is 6. The number of hydrogen-bond donors (Lipinski definition) is 2. The molecule has 2 N–H and O–H groups in total. The molecule has 41 heavy (non-hydrogen) atoms. The molecule has 4 aliphatic carbocycles. The van der Waals surface area contributed by atoms with Crippen LogP contribution in [0.25, 0.3) is 5.57 Å². The van der Waals surface area contributed by atoms with Crippen molar-refractivity contribution in [2.24, 2.45) is 35.0 Å². The van der Waals surface area contributed by atoms with Gasteiger partial charge in [0, 0.05) is 23.7 Å². The van der Waals surface area contributed by atoms with Crippen molar-refractivity contribution in [3.63, 3.8) is 0 Å². The van der Waals surface area contributed by atoms with Crippen molar-refractivity contribution in [2.75, 3.05) is 6.61 Å². The van der Waals surface area contributed by atoms with Gasteiger partial charge in [-0.1, -0.05) is 45.7 Å². The molecule has 0 amide bonds. The third-order valence-electron chi connectivity index (χ3n) is 10.1. The van der Waals surface area contributed by atoms with Gasteiger partial charge in [0.1, 0.15) is 17.3 Å². The zero-order chi connectivity index (χ0) is 28.9. The SMILES string of the molecule is CCCC=C1OC(=O)C2=C1CC[C@H]1[C@@H]3CC[C@]4(C(=C[C@H](CCO)CCC(C)C)OC(=O)C4=C3c3cccc(O)c3)[C@H]21. The quantitative estimate of drug-likeness (QED) is 0.317. The number of ether oxygens (including phenoxy) is 2. The predicted molar refractivity (Wildman–Crippen MR) is 156 cm³/mol. The Balaban J connectivity index is 1.57. The van der Waals surface area contributed by atoms with Crippen molar-refractivity contribution in [1.82, 2.24) is 0 Å². The number of phenols is 1. The van der Waals surface area contributed by atoms with Gasteiger partial charge in [-0.05, 0) is 104 Å². The van der Waals surface area contributed by atoms with E-state index < -0.39 is 5.41 Å². The van der Waals surface area contributed by atoms with Crippen LogP contribution in [-0.2, 0) is 19.1 Å². The number of allylic oxidation sites excluding steroid dienone is 5. The summed E-state index contributed by atoms with van der Waals surface area (Å²) in [5, 5.41) is 20.3. The van der Waals surface area contributed by atoms with E-state index in [4.69, 9.17) is 9.47 Å². The number of esters is 2. The number of aliphatic hydroxyl groups is 1. The molecule has 0 radical (unpaired) electrons. The van der Waals surface area contributed by atoms with Gasteiger partial charge in [-0.15, -0.1) is 0 Å². The molecule has 2 fully saturated rings. The van der Waals surface area contributed by atoms with Crippen LogP contribution in [0.2, 0.25) is 0 Å². The average molecular weight is 559 g/mol. The molecule has 5 atom stereocenters. The highest BCUT2D eigenvalue weighted by molar-refractivity contribution is 6.06. The smallest absolute Gasteiger partial charge is 0.340 e. The average Bonchev–Trinajstić information content (AvgIpc) is 3.43. The van der Waals surface area contributed by atoms with E-state index in [9.17, 15) is 19.8 Å². The summed E-state index contributed by atoms with van der Waals surface area (Å²) < 4.78 is 12.2. The number of unbranched alkanes of at least 4 members (excludes halogenated alkanes) is 1. The molecule has 1 saturated heterocycles. The van der Waals surface area contributed by atoms with Crippen molar-refractivity contribution in [1.29, 1.82) is 0 Å². The molecule has 6 heteroatoms. The second kappa shape index (κ2) is 10.9. The lowest BCUT2D eigenvalue weighted by Gasteiger charge is -2.56. The third kappa shape index (κ3) is 4.50. The first kappa shape index (κ1) is 28.0. The van der Waals surface area contributed by atoms with E-state index in [-0.39, 0.29) is 48.0 Å². The minimum atomic E-state index is -0.761. The third-order valence-corrected chi connectivity index (χ3v) is 10.1. The molecule has 2 heterocycles. The highest BCUT2D eigenvalue weighted by atomic mass is 16.5. The van der Waals surface area contributed by atoms with Crippen LogP contribution in [0.5, 0.6) is 5.75 Å². The molecule has 0 unspecified atom stereocenters. The Morgan fingerprint density at radius 1 is 1.07 bits per heavy atom. The Kier molecular flexibility index (Phi) is 7.48. The van der Waals surface area contributed by atoms with Gasteiger partial charge in [-0.2, -0.15) is 0 Å². The van der Waals surface area contributed by atoms with Crippen LogP contribution >= 0.6 is 0 Å². The number of cyclic esters (lactones) is 2. The maximum Gasteiger partial charge on any atom is 0.340 e. The van der Waals surface area contributed by atoms with Gasteiger partial charge in [-0.3, -0.25) is 0 Å². The fourth-order valence-corrected chi connectivity index (χ4v) is 8.43. The van der Waals surface area contributed by atoms with Crippen molar-refractivity contribution in [2.45, 2.75) is 78.6 Å². The first-order valence-corrected chi connectivity index (χ1v) is 15.5. The second-order valence-electron chi connectivity index (χ2n) is 12.9. The molecule has 1 saturated carbocycles. The molecular formula is C35H42O6. The highest BCUT2D eigenvalue weighted by Gasteiger charge is 2.68. The Morgan fingerprint density at radius 2 is 1.90 bits per heavy atom. The molecule has 2 aliphatic heterocycles. The minimum absolute atomic E-state index is 0.0616. The summed E-state index contributed by atoms with van der Waals surface area (Å²) in [6.07, 6.45) is 11.8. The lowest BCUT2D eigenvalue weighted by molar-refractivity contribution is -0.135. The number of aliphatic hydroxyl groups excluding tert-OH is 1. The molecule has 6 aliphatic rings. The number of carbonyl (C=O) groups is 2. The molecule has 6 nitrogen and oxygen atoms in total. The van der Waals surface area contributed by atoms with Crippen molar-refractivity contribution in [3.8, 4) is 5.75 Å². The summed E-state index contributed by atoms with van der Waals surface area (Å²) in [5.74, 6) is 1.54. The molecule has 1 aromatic carbocycles. The molecule has 2 bridgehead atoms. The summed E-state index contributed by atoms with van der Waals surface area (Å²) in [6.45, 7) is 6.56. The first-order valence-electron chi connectivity index (χ1n) is 15.5. The fourth-order valence-electron chi connectivity index (χ4n) is 8.43. The lowest BCUT2D eigenvalue weighted by Crippen LogP contribution is -2.52. The zero-order valence-electron chi connectivity index (χ0n) is 24.4. The van der Waals surface area contributed by atoms with Crippen LogP contribution in [0.3, 0.4) is 0 Å². The summed E-state index contributed by atoms with van der Waals surface area (Å²) in [7, 11) is 0. The minimum Gasteiger partial charge on any atom is -0.508 e. The first-order chi connectivity index (χ1) is 19.8. The van der Waals surface area contributed by atoms with Gasteiger partial charge in [-0.25, -0.2) is 9.59 Å². The van der Waals surface area contributed by atoms with E-state index in [1.54, 1.807) is 12.1 Å². The van der Waals surface area contributed by atoms with Crippen LogP contribution in [0.4, 0.5) is 0 Å². The van der Waals surface area contributed by atoms with Gasteiger partial charge in [0.05, 0.1) is 11.0 Å². The van der Waals surface area contributed by atoms with E-state index in [2.05, 4.69) is 26.8 Å². The van der Waals surface area contributed by atoms with Crippen LogP contribution in [-0.4, -0.2) is 28.8 Å². The summed E-state index contributed by atoms with van der Waals surface area (Å²) in [4.78, 5) is 27.6. The number of rotatable bonds is 9. The van der Waals surface area contributed by atoms with Gasteiger partial charge in [0.15, 0.2) is 0 Å². The Hall–Kier alpha value is -3.12. The van der Waals surface area contributed by atoms with Crippen LogP contribution < -0.4 is 0 Å². The Morgan fingerprint density at radius 3 is 2.63 bits per heavy atom. The van der Waals surface area contributed by atoms with Crippen molar-refractivity contribution >= 4 is 17.5 Å². The number of carbonyl (C=O) groups excluding carboxylic acids is 2. The fraction of sp³-hybridized carbons (Fsp3) is 0.543. The summed E-state index contributed by atoms with van der Waals surface area (Å²) >= 11 is 0. The number of phenolic OH excluding ortho intramolecular Hbond substituents is 1. The van der Waals surface area contributed by atoms with E-state index in [0.717, 1.165) is 73.6 Å². The highest BCUT2D eigenvalue weighted by Crippen LogP contribution is 2.71. The number of benzene rings is 1. The monoisotopic (exact) mass is 558 g/mol. The van der Waals surface area contributed by atoms with Gasteiger partial charge in [0.25, 0.3) is 0 Å². The van der Waals surface area contributed by atoms with Crippen LogP contribution in [0, 0.1) is 35.0 Å². The van der Waals surface area contributed by atoms with E-state index >= 15 is 0 Å². The van der Waals surface area contributed by atoms with E-state index in [0.29, 0.717) is 29.4 Å². The van der Waals surface area contributed by atoms with E-state index in [1.807, 2.05) is 18.2 Å². The van der Waals surface area contributed by atoms with Gasteiger partial charge < -0.3 is 19.7 Å². The number of aromatic hydroxyl groups is 1. The van der Waals surface area contributed by atoms with Crippen LogP contribution in [0.15, 0.2) is 64.7 Å². The molecule has 7 rings (SSSR count). The second-order valence-corrected chi connectivity index (χ2v) is 12.9. The van der Waals surface area contributed by atoms with Crippen LogP contribution in [0.1, 0.15) is 84.1 Å². The molecule has 1 aromatic rings. The lowest BCUT2D eigenvalue weighted by atomic mass is 9.44.